The van der Waals surface area contributed by atoms with E-state index in [2.05, 4.69) is 38.2 Å². The van der Waals surface area contributed by atoms with Gasteiger partial charge in [0.2, 0.25) is 0 Å². The molecule has 1 aliphatic carbocycles. The first-order valence-electron chi connectivity index (χ1n) is 6.02. The van der Waals surface area contributed by atoms with Gasteiger partial charge in [-0.25, -0.2) is 0 Å². The maximum absolute atomic E-state index is 5.72. The van der Waals surface area contributed by atoms with Crippen LogP contribution in [0, 0.1) is 0 Å². The van der Waals surface area contributed by atoms with Crippen LogP contribution in [0.25, 0.3) is 0 Å². The summed E-state index contributed by atoms with van der Waals surface area (Å²) in [4.78, 5) is 0. The molecule has 0 spiro atoms. The fourth-order valence-electron chi connectivity index (χ4n) is 1.99. The molecule has 88 valence electrons. The smallest absolute Gasteiger partial charge is 0.0314 e. The first-order chi connectivity index (χ1) is 7.41. The predicted molar refractivity (Wildman–Crippen MR) is 69.5 cm³/mol. The lowest BCUT2D eigenvalue weighted by Crippen LogP contribution is -2.40. The Bertz CT molecular complexity index is 355. The molecule has 1 aliphatic rings. The molecule has 1 aromatic rings. The molecule has 16 heavy (non-hydrogen) atoms. The molecule has 0 atom stereocenters. The first-order valence-corrected chi connectivity index (χ1v) is 6.02. The summed E-state index contributed by atoms with van der Waals surface area (Å²) in [6.07, 6.45) is 2.58. The van der Waals surface area contributed by atoms with E-state index in [0.717, 1.165) is 12.2 Å². The van der Waals surface area contributed by atoms with Crippen LogP contribution in [0.5, 0.6) is 0 Å². The van der Waals surface area contributed by atoms with Crippen molar-refractivity contribution in [3.8, 4) is 0 Å². The molecule has 1 aromatic carbocycles. The molecule has 3 N–H and O–H groups in total. The fraction of sp³-hybridized carbons (Fsp3) is 0.571. The van der Waals surface area contributed by atoms with E-state index in [9.17, 15) is 0 Å². The molecule has 0 heterocycles. The Kier molecular flexibility index (Phi) is 2.70. The molecule has 2 nitrogen and oxygen atoms in total. The van der Waals surface area contributed by atoms with Crippen molar-refractivity contribution in [2.24, 2.45) is 0 Å². The third-order valence-corrected chi connectivity index (χ3v) is 3.33. The van der Waals surface area contributed by atoms with Crippen molar-refractivity contribution in [2.45, 2.75) is 44.6 Å². The van der Waals surface area contributed by atoms with E-state index in [1.54, 1.807) is 0 Å². The van der Waals surface area contributed by atoms with Crippen LogP contribution in [-0.4, -0.2) is 12.1 Å². The minimum Gasteiger partial charge on any atom is -0.399 e. The second kappa shape index (κ2) is 3.77. The van der Waals surface area contributed by atoms with E-state index < -0.39 is 0 Å². The van der Waals surface area contributed by atoms with E-state index >= 15 is 0 Å². The molecule has 0 unspecified atom stereocenters. The molecule has 0 saturated heterocycles. The molecule has 0 aliphatic heterocycles. The summed E-state index contributed by atoms with van der Waals surface area (Å²) >= 11 is 0. The van der Waals surface area contributed by atoms with E-state index in [4.69, 9.17) is 5.73 Å². The van der Waals surface area contributed by atoms with Gasteiger partial charge in [0.25, 0.3) is 0 Å². The zero-order valence-corrected chi connectivity index (χ0v) is 10.5. The number of nitrogens with one attached hydrogen (secondary N) is 1. The third kappa shape index (κ3) is 2.56. The zero-order chi connectivity index (χ0) is 11.8. The van der Waals surface area contributed by atoms with Crippen LogP contribution < -0.4 is 11.1 Å². The van der Waals surface area contributed by atoms with Gasteiger partial charge in [-0.3, -0.25) is 0 Å². The highest BCUT2D eigenvalue weighted by atomic mass is 15.0. The number of rotatable bonds is 3. The van der Waals surface area contributed by atoms with Gasteiger partial charge in [0.05, 0.1) is 0 Å². The lowest BCUT2D eigenvalue weighted by Gasteiger charge is -2.25. The van der Waals surface area contributed by atoms with Crippen molar-refractivity contribution < 1.29 is 0 Å². The Hall–Kier alpha value is -1.02. The van der Waals surface area contributed by atoms with Gasteiger partial charge in [0.15, 0.2) is 0 Å². The van der Waals surface area contributed by atoms with Crippen molar-refractivity contribution in [1.29, 1.82) is 0 Å². The molecule has 1 fully saturated rings. The minimum atomic E-state index is 0.198. The molecule has 0 aromatic heterocycles. The zero-order valence-electron chi connectivity index (χ0n) is 10.5. The largest absolute Gasteiger partial charge is 0.399 e. The summed E-state index contributed by atoms with van der Waals surface area (Å²) in [7, 11) is 0. The van der Waals surface area contributed by atoms with Gasteiger partial charge in [0, 0.05) is 23.2 Å². The maximum Gasteiger partial charge on any atom is 0.0314 e. The van der Waals surface area contributed by atoms with E-state index in [1.807, 2.05) is 12.1 Å². The van der Waals surface area contributed by atoms with Crippen LogP contribution in [0.4, 0.5) is 5.69 Å². The molecule has 0 amide bonds. The lowest BCUT2D eigenvalue weighted by atomic mass is 9.94. The molecule has 1 saturated carbocycles. The molecule has 2 heteroatoms. The fourth-order valence-corrected chi connectivity index (χ4v) is 1.99. The Labute approximate surface area is 98.2 Å². The van der Waals surface area contributed by atoms with Crippen molar-refractivity contribution in [3.63, 3.8) is 0 Å². The molecular formula is C14H22N2. The van der Waals surface area contributed by atoms with Gasteiger partial charge in [0.1, 0.15) is 0 Å². The van der Waals surface area contributed by atoms with Gasteiger partial charge in [-0.05, 0) is 51.3 Å². The Morgan fingerprint density at radius 2 is 1.75 bits per heavy atom. The van der Waals surface area contributed by atoms with Crippen LogP contribution in [0.2, 0.25) is 0 Å². The topological polar surface area (TPSA) is 38.0 Å². The Balaban J connectivity index is 2.06. The number of hydrogen-bond donors (Lipinski definition) is 2. The summed E-state index contributed by atoms with van der Waals surface area (Å²) in [6.45, 7) is 7.71. The SMILES string of the molecule is CC(C)(C)NCC1(c2ccc(N)cc2)CC1. The van der Waals surface area contributed by atoms with E-state index in [1.165, 1.54) is 18.4 Å². The molecule has 0 radical (unpaired) electrons. The monoisotopic (exact) mass is 218 g/mol. The van der Waals surface area contributed by atoms with Crippen LogP contribution in [-0.2, 0) is 5.41 Å². The minimum absolute atomic E-state index is 0.198. The second-order valence-electron chi connectivity index (χ2n) is 6.01. The number of hydrogen-bond acceptors (Lipinski definition) is 2. The van der Waals surface area contributed by atoms with Crippen molar-refractivity contribution >= 4 is 5.69 Å². The number of benzene rings is 1. The van der Waals surface area contributed by atoms with Crippen LogP contribution in [0.3, 0.4) is 0 Å². The highest BCUT2D eigenvalue weighted by molar-refractivity contribution is 5.43. The van der Waals surface area contributed by atoms with E-state index in [-0.39, 0.29) is 5.54 Å². The Morgan fingerprint density at radius 3 is 2.19 bits per heavy atom. The van der Waals surface area contributed by atoms with Gasteiger partial charge < -0.3 is 11.1 Å². The normalized spacial score (nSPS) is 18.4. The molecule has 2 rings (SSSR count). The van der Waals surface area contributed by atoms with Gasteiger partial charge in [-0.2, -0.15) is 0 Å². The summed E-state index contributed by atoms with van der Waals surface area (Å²) in [5.74, 6) is 0. The number of nitrogen functional groups attached to an aromatic ring is 1. The maximum atomic E-state index is 5.72. The average molecular weight is 218 g/mol. The van der Waals surface area contributed by atoms with Gasteiger partial charge in [-0.15, -0.1) is 0 Å². The first kappa shape index (κ1) is 11.5. The van der Waals surface area contributed by atoms with Crippen molar-refractivity contribution in [1.82, 2.24) is 5.32 Å². The number of anilines is 1. The predicted octanol–water partition coefficient (Wildman–Crippen LogP) is 2.69. The summed E-state index contributed by atoms with van der Waals surface area (Å²) in [5, 5.41) is 3.61. The van der Waals surface area contributed by atoms with Crippen LogP contribution in [0.1, 0.15) is 39.2 Å². The average Bonchev–Trinajstić information content (AvgIpc) is 2.96. The van der Waals surface area contributed by atoms with Crippen LogP contribution in [0.15, 0.2) is 24.3 Å². The highest BCUT2D eigenvalue weighted by Gasteiger charge is 2.44. The third-order valence-electron chi connectivity index (χ3n) is 3.33. The highest BCUT2D eigenvalue weighted by Crippen LogP contribution is 2.47. The van der Waals surface area contributed by atoms with Gasteiger partial charge in [-0.1, -0.05) is 12.1 Å². The Morgan fingerprint density at radius 1 is 1.19 bits per heavy atom. The van der Waals surface area contributed by atoms with Crippen LogP contribution >= 0.6 is 0 Å². The second-order valence-corrected chi connectivity index (χ2v) is 6.01. The number of nitrogens with two attached hydrogens (primary N) is 1. The standard InChI is InChI=1S/C14H22N2/c1-13(2,3)16-10-14(8-9-14)11-4-6-12(15)7-5-11/h4-7,16H,8-10,15H2,1-3H3. The van der Waals surface area contributed by atoms with Crippen molar-refractivity contribution in [2.75, 3.05) is 12.3 Å². The van der Waals surface area contributed by atoms with Crippen molar-refractivity contribution in [3.05, 3.63) is 29.8 Å². The summed E-state index contributed by atoms with van der Waals surface area (Å²) in [5.41, 5.74) is 8.57. The summed E-state index contributed by atoms with van der Waals surface area (Å²) < 4.78 is 0. The molecule has 0 bridgehead atoms. The molecular weight excluding hydrogens is 196 g/mol. The lowest BCUT2D eigenvalue weighted by molar-refractivity contribution is 0.400. The van der Waals surface area contributed by atoms with E-state index in [0.29, 0.717) is 5.41 Å². The quantitative estimate of drug-likeness (QED) is 0.765. The van der Waals surface area contributed by atoms with Gasteiger partial charge >= 0.3 is 0 Å². The summed E-state index contributed by atoms with van der Waals surface area (Å²) in [6, 6.07) is 8.36.